The van der Waals surface area contributed by atoms with Crippen LogP contribution in [0.3, 0.4) is 0 Å². The lowest BCUT2D eigenvalue weighted by Crippen LogP contribution is -2.12. The van der Waals surface area contributed by atoms with Crippen LogP contribution in [0.25, 0.3) is 0 Å². The summed E-state index contributed by atoms with van der Waals surface area (Å²) in [5.41, 5.74) is -0.279. The van der Waals surface area contributed by atoms with Crippen molar-refractivity contribution < 1.29 is 0 Å². The molecular formula is C7H5BrClN5OS. The summed E-state index contributed by atoms with van der Waals surface area (Å²) in [7, 11) is 1.62. The molecule has 2 heterocycles. The molecule has 9 heteroatoms. The Balaban J connectivity index is 2.37. The largest absolute Gasteiger partial charge is 0.343 e. The molecule has 0 aromatic carbocycles. The maximum atomic E-state index is 11.1. The summed E-state index contributed by atoms with van der Waals surface area (Å²) in [6.07, 6.45) is 1.54. The van der Waals surface area contributed by atoms with Crippen LogP contribution in [0.15, 0.2) is 25.6 Å². The standard InChI is InChI=1S/C7H5BrClN5OS/c1-14-6(15)12-13-7(14)16-4-3(8)2-10-5(9)11-4/h2H,1H3,(H,12,15). The highest BCUT2D eigenvalue weighted by Gasteiger charge is 2.11. The molecule has 0 atom stereocenters. The Labute approximate surface area is 108 Å². The number of H-pyrrole nitrogens is 1. The molecule has 0 fully saturated rings. The van der Waals surface area contributed by atoms with Gasteiger partial charge in [-0.3, -0.25) is 4.57 Å². The van der Waals surface area contributed by atoms with Crippen LogP contribution in [0.4, 0.5) is 0 Å². The Morgan fingerprint density at radius 3 is 3.00 bits per heavy atom. The van der Waals surface area contributed by atoms with Crippen molar-refractivity contribution in [2.45, 2.75) is 10.2 Å². The van der Waals surface area contributed by atoms with Gasteiger partial charge in [-0.15, -0.1) is 5.10 Å². The van der Waals surface area contributed by atoms with E-state index in [0.717, 1.165) is 0 Å². The predicted octanol–water partition coefficient (Wildman–Crippen LogP) is 1.47. The van der Waals surface area contributed by atoms with E-state index < -0.39 is 0 Å². The summed E-state index contributed by atoms with van der Waals surface area (Å²) >= 11 is 10.2. The smallest absolute Gasteiger partial charge is 0.273 e. The van der Waals surface area contributed by atoms with Gasteiger partial charge in [-0.2, -0.15) is 0 Å². The summed E-state index contributed by atoms with van der Waals surface area (Å²) in [4.78, 5) is 19.0. The fourth-order valence-electron chi connectivity index (χ4n) is 0.913. The van der Waals surface area contributed by atoms with Gasteiger partial charge in [0.25, 0.3) is 0 Å². The number of aromatic nitrogens is 5. The highest BCUT2D eigenvalue weighted by molar-refractivity contribution is 9.10. The third-order valence-electron chi connectivity index (χ3n) is 1.71. The molecule has 0 aliphatic heterocycles. The second-order valence-electron chi connectivity index (χ2n) is 2.76. The van der Waals surface area contributed by atoms with Gasteiger partial charge in [0.15, 0.2) is 5.16 Å². The van der Waals surface area contributed by atoms with E-state index in [-0.39, 0.29) is 11.0 Å². The average Bonchev–Trinajstić information content (AvgIpc) is 2.55. The quantitative estimate of drug-likeness (QED) is 0.669. The van der Waals surface area contributed by atoms with Crippen molar-refractivity contribution in [2.24, 2.45) is 7.05 Å². The maximum Gasteiger partial charge on any atom is 0.343 e. The van der Waals surface area contributed by atoms with E-state index in [1.165, 1.54) is 16.3 Å². The van der Waals surface area contributed by atoms with Crippen molar-refractivity contribution in [3.05, 3.63) is 26.4 Å². The predicted molar refractivity (Wildman–Crippen MR) is 62.7 cm³/mol. The van der Waals surface area contributed by atoms with Crippen LogP contribution in [0.5, 0.6) is 0 Å². The van der Waals surface area contributed by atoms with Gasteiger partial charge in [-0.05, 0) is 39.3 Å². The van der Waals surface area contributed by atoms with Gasteiger partial charge < -0.3 is 0 Å². The zero-order valence-corrected chi connectivity index (χ0v) is 11.1. The molecule has 0 saturated heterocycles. The minimum Gasteiger partial charge on any atom is -0.273 e. The first-order valence-electron chi connectivity index (χ1n) is 4.05. The molecule has 2 aromatic rings. The molecule has 2 aromatic heterocycles. The summed E-state index contributed by atoms with van der Waals surface area (Å²) < 4.78 is 2.07. The van der Waals surface area contributed by atoms with E-state index in [1.807, 2.05) is 0 Å². The number of aromatic amines is 1. The second kappa shape index (κ2) is 4.56. The molecule has 0 bridgehead atoms. The first-order valence-corrected chi connectivity index (χ1v) is 6.04. The van der Waals surface area contributed by atoms with Gasteiger partial charge >= 0.3 is 5.69 Å². The number of nitrogens with one attached hydrogen (secondary N) is 1. The molecule has 84 valence electrons. The lowest BCUT2D eigenvalue weighted by Gasteiger charge is -2.01. The Hall–Kier alpha value is -0.860. The van der Waals surface area contributed by atoms with Gasteiger partial charge in [0.05, 0.1) is 4.47 Å². The van der Waals surface area contributed by atoms with Crippen LogP contribution in [0.1, 0.15) is 0 Å². The molecule has 0 saturated carbocycles. The zero-order chi connectivity index (χ0) is 11.7. The van der Waals surface area contributed by atoms with E-state index >= 15 is 0 Å². The first kappa shape index (κ1) is 11.6. The SMILES string of the molecule is Cn1c(Sc2nc(Cl)ncc2Br)n[nH]c1=O. The van der Waals surface area contributed by atoms with Crippen LogP contribution in [-0.2, 0) is 7.05 Å². The van der Waals surface area contributed by atoms with Gasteiger partial charge in [-0.1, -0.05) is 0 Å². The van der Waals surface area contributed by atoms with Crippen LogP contribution < -0.4 is 5.69 Å². The third kappa shape index (κ3) is 2.28. The number of halogens is 2. The Kier molecular flexibility index (Phi) is 3.31. The number of hydrogen-bond acceptors (Lipinski definition) is 5. The lowest BCUT2D eigenvalue weighted by molar-refractivity contribution is 0.764. The molecule has 0 amide bonds. The van der Waals surface area contributed by atoms with Gasteiger partial charge in [0.1, 0.15) is 5.03 Å². The van der Waals surface area contributed by atoms with E-state index in [4.69, 9.17) is 11.6 Å². The molecule has 0 spiro atoms. The van der Waals surface area contributed by atoms with Crippen LogP contribution in [0.2, 0.25) is 5.28 Å². The average molecular weight is 323 g/mol. The molecule has 0 unspecified atom stereocenters. The molecular weight excluding hydrogens is 318 g/mol. The number of hydrogen-bond donors (Lipinski definition) is 1. The summed E-state index contributed by atoms with van der Waals surface area (Å²) in [6.45, 7) is 0. The maximum absolute atomic E-state index is 11.1. The topological polar surface area (TPSA) is 76.5 Å². The van der Waals surface area contributed by atoms with Crippen molar-refractivity contribution in [1.82, 2.24) is 24.7 Å². The van der Waals surface area contributed by atoms with E-state index in [1.54, 1.807) is 13.2 Å². The first-order chi connectivity index (χ1) is 7.58. The minimum absolute atomic E-state index is 0.145. The molecule has 16 heavy (non-hydrogen) atoms. The van der Waals surface area contributed by atoms with Crippen molar-refractivity contribution >= 4 is 39.3 Å². The number of nitrogens with zero attached hydrogens (tertiary/aromatic N) is 4. The van der Waals surface area contributed by atoms with Crippen LogP contribution in [-0.4, -0.2) is 24.7 Å². The Bertz CT molecular complexity index is 582. The summed E-state index contributed by atoms with van der Waals surface area (Å²) in [5.74, 6) is 0. The highest BCUT2D eigenvalue weighted by Crippen LogP contribution is 2.29. The van der Waals surface area contributed by atoms with Gasteiger partial charge in [-0.25, -0.2) is 19.9 Å². The molecule has 0 aliphatic rings. The lowest BCUT2D eigenvalue weighted by atomic mass is 10.7. The summed E-state index contributed by atoms with van der Waals surface area (Å²) in [5, 5.41) is 7.43. The Morgan fingerprint density at radius 2 is 2.38 bits per heavy atom. The van der Waals surface area contributed by atoms with Gasteiger partial charge in [0.2, 0.25) is 5.28 Å². The van der Waals surface area contributed by atoms with Crippen molar-refractivity contribution in [2.75, 3.05) is 0 Å². The normalized spacial score (nSPS) is 10.7. The van der Waals surface area contributed by atoms with E-state index in [0.29, 0.717) is 14.7 Å². The van der Waals surface area contributed by atoms with E-state index in [2.05, 4.69) is 36.1 Å². The van der Waals surface area contributed by atoms with Crippen molar-refractivity contribution in [3.8, 4) is 0 Å². The summed E-state index contributed by atoms with van der Waals surface area (Å²) in [6, 6.07) is 0. The fraction of sp³-hybridized carbons (Fsp3) is 0.143. The third-order valence-corrected chi connectivity index (χ3v) is 3.79. The van der Waals surface area contributed by atoms with E-state index in [9.17, 15) is 4.79 Å². The van der Waals surface area contributed by atoms with Crippen LogP contribution in [0, 0.1) is 0 Å². The molecule has 2 rings (SSSR count). The van der Waals surface area contributed by atoms with Crippen molar-refractivity contribution in [1.29, 1.82) is 0 Å². The number of rotatable bonds is 2. The molecule has 0 radical (unpaired) electrons. The minimum atomic E-state index is -0.279. The molecule has 1 N–H and O–H groups in total. The molecule has 6 nitrogen and oxygen atoms in total. The van der Waals surface area contributed by atoms with Crippen LogP contribution >= 0.6 is 39.3 Å². The fourth-order valence-corrected chi connectivity index (χ4v) is 2.30. The molecule has 0 aliphatic carbocycles. The Morgan fingerprint density at radius 1 is 1.62 bits per heavy atom. The zero-order valence-electron chi connectivity index (χ0n) is 7.94. The highest BCUT2D eigenvalue weighted by atomic mass is 79.9. The second-order valence-corrected chi connectivity index (χ2v) is 4.91. The monoisotopic (exact) mass is 321 g/mol. The van der Waals surface area contributed by atoms with Gasteiger partial charge in [0, 0.05) is 13.2 Å². The van der Waals surface area contributed by atoms with Crippen molar-refractivity contribution in [3.63, 3.8) is 0 Å².